The maximum atomic E-state index is 13.0. The Labute approximate surface area is 101 Å². The molecule has 15 heavy (non-hydrogen) atoms. The van der Waals surface area contributed by atoms with Crippen LogP contribution >= 0.6 is 24.0 Å². The van der Waals surface area contributed by atoms with E-state index >= 15 is 0 Å². The maximum absolute atomic E-state index is 13.0. The van der Waals surface area contributed by atoms with Gasteiger partial charge in [0.05, 0.1) is 0 Å². The molecule has 0 fully saturated rings. The van der Waals surface area contributed by atoms with Gasteiger partial charge in [0, 0.05) is 11.1 Å². The zero-order valence-electron chi connectivity index (χ0n) is 9.05. The minimum atomic E-state index is -0.302. The van der Waals surface area contributed by atoms with Gasteiger partial charge in [-0.2, -0.15) is 0 Å². The summed E-state index contributed by atoms with van der Waals surface area (Å²) in [7, 11) is 0. The fraction of sp³-hybridized carbons (Fsp3) is 0.455. The molecule has 0 radical (unpaired) electrons. The number of halogens is 3. The number of hydrogen-bond acceptors (Lipinski definition) is 1. The van der Waals surface area contributed by atoms with Crippen LogP contribution in [0.4, 0.5) is 4.39 Å². The van der Waals surface area contributed by atoms with Crippen molar-refractivity contribution >= 4 is 24.0 Å². The van der Waals surface area contributed by atoms with Gasteiger partial charge in [0.1, 0.15) is 5.82 Å². The molecular weight excluding hydrogens is 236 g/mol. The highest BCUT2D eigenvalue weighted by molar-refractivity contribution is 6.31. The fourth-order valence-corrected chi connectivity index (χ4v) is 1.45. The summed E-state index contributed by atoms with van der Waals surface area (Å²) in [5.41, 5.74) is 6.53. The molecule has 0 aromatic heterocycles. The van der Waals surface area contributed by atoms with E-state index in [0.29, 0.717) is 10.6 Å². The zero-order chi connectivity index (χ0) is 10.9. The normalized spacial score (nSPS) is 13.2. The molecule has 0 amide bonds. The van der Waals surface area contributed by atoms with Gasteiger partial charge in [-0.05, 0) is 29.2 Å². The molecule has 0 spiro atoms. The van der Waals surface area contributed by atoms with E-state index in [1.165, 1.54) is 18.2 Å². The Morgan fingerprint density at radius 1 is 1.33 bits per heavy atom. The summed E-state index contributed by atoms with van der Waals surface area (Å²) in [6.45, 7) is 6.00. The molecule has 1 aromatic rings. The lowest BCUT2D eigenvalue weighted by Gasteiger charge is -2.28. The second-order valence-electron chi connectivity index (χ2n) is 4.51. The van der Waals surface area contributed by atoms with Gasteiger partial charge in [-0.3, -0.25) is 0 Å². The van der Waals surface area contributed by atoms with Crippen LogP contribution in [-0.4, -0.2) is 0 Å². The highest BCUT2D eigenvalue weighted by Gasteiger charge is 2.24. The maximum Gasteiger partial charge on any atom is 0.123 e. The van der Waals surface area contributed by atoms with Gasteiger partial charge in [0.25, 0.3) is 0 Å². The van der Waals surface area contributed by atoms with Crippen molar-refractivity contribution in [1.29, 1.82) is 0 Å². The first kappa shape index (κ1) is 14.7. The third kappa shape index (κ3) is 3.63. The topological polar surface area (TPSA) is 26.0 Å². The summed E-state index contributed by atoms with van der Waals surface area (Å²) < 4.78 is 13.0. The lowest BCUT2D eigenvalue weighted by atomic mass is 9.83. The predicted octanol–water partition coefficient (Wildman–Crippen LogP) is 3.95. The smallest absolute Gasteiger partial charge is 0.123 e. The van der Waals surface area contributed by atoms with Gasteiger partial charge in [-0.1, -0.05) is 32.4 Å². The summed E-state index contributed by atoms with van der Waals surface area (Å²) >= 11 is 5.95. The van der Waals surface area contributed by atoms with E-state index in [4.69, 9.17) is 17.3 Å². The number of nitrogens with two attached hydrogens (primary N) is 1. The van der Waals surface area contributed by atoms with E-state index in [1.807, 2.05) is 20.8 Å². The van der Waals surface area contributed by atoms with Crippen molar-refractivity contribution in [1.82, 2.24) is 0 Å². The number of hydrogen-bond donors (Lipinski definition) is 1. The van der Waals surface area contributed by atoms with Gasteiger partial charge in [-0.15, -0.1) is 12.4 Å². The first-order chi connectivity index (χ1) is 6.32. The van der Waals surface area contributed by atoms with Crippen LogP contribution in [0.25, 0.3) is 0 Å². The van der Waals surface area contributed by atoms with Gasteiger partial charge in [0.2, 0.25) is 0 Å². The molecule has 0 aliphatic heterocycles. The van der Waals surface area contributed by atoms with E-state index < -0.39 is 0 Å². The Hall–Kier alpha value is -0.310. The molecule has 1 rings (SSSR count). The molecule has 2 N–H and O–H groups in total. The Balaban J connectivity index is 0.00000196. The summed E-state index contributed by atoms with van der Waals surface area (Å²) in [5, 5.41) is 0.522. The summed E-state index contributed by atoms with van der Waals surface area (Å²) in [4.78, 5) is 0. The van der Waals surface area contributed by atoms with Crippen molar-refractivity contribution in [3.05, 3.63) is 34.6 Å². The van der Waals surface area contributed by atoms with Crippen LogP contribution in [0.2, 0.25) is 5.02 Å². The molecule has 86 valence electrons. The SMILES string of the molecule is CC(C)(C)[C@@H](N)c1cc(F)ccc1Cl.Cl. The molecule has 0 unspecified atom stereocenters. The zero-order valence-corrected chi connectivity index (χ0v) is 10.6. The standard InChI is InChI=1S/C11H15ClFN.ClH/c1-11(2,3)10(14)8-6-7(13)4-5-9(8)12;/h4-6,10H,14H2,1-3H3;1H/t10-;/m0./s1. The summed E-state index contributed by atoms with van der Waals surface area (Å²) in [6, 6.07) is 4.02. The molecule has 0 aliphatic carbocycles. The number of rotatable bonds is 1. The molecule has 1 aromatic carbocycles. The van der Waals surface area contributed by atoms with E-state index in [1.54, 1.807) is 0 Å². The van der Waals surface area contributed by atoms with Crippen LogP contribution in [0.1, 0.15) is 32.4 Å². The molecule has 0 aliphatic rings. The highest BCUT2D eigenvalue weighted by atomic mass is 35.5. The largest absolute Gasteiger partial charge is 0.323 e. The summed E-state index contributed by atoms with van der Waals surface area (Å²) in [6.07, 6.45) is 0. The van der Waals surface area contributed by atoms with Crippen LogP contribution in [0.5, 0.6) is 0 Å². The monoisotopic (exact) mass is 251 g/mol. The third-order valence-corrected chi connectivity index (χ3v) is 2.57. The average molecular weight is 252 g/mol. The molecule has 4 heteroatoms. The van der Waals surface area contributed by atoms with Gasteiger partial charge in [-0.25, -0.2) is 4.39 Å². The molecule has 0 bridgehead atoms. The van der Waals surface area contributed by atoms with Crippen molar-refractivity contribution in [3.63, 3.8) is 0 Å². The van der Waals surface area contributed by atoms with Crippen LogP contribution in [0, 0.1) is 11.2 Å². The lowest BCUT2D eigenvalue weighted by molar-refractivity contribution is 0.326. The first-order valence-electron chi connectivity index (χ1n) is 4.53. The summed E-state index contributed by atoms with van der Waals surface area (Å²) in [5.74, 6) is -0.302. The Morgan fingerprint density at radius 2 is 1.87 bits per heavy atom. The van der Waals surface area contributed by atoms with Crippen molar-refractivity contribution in [2.24, 2.45) is 11.1 Å². The minimum Gasteiger partial charge on any atom is -0.323 e. The van der Waals surface area contributed by atoms with E-state index in [-0.39, 0.29) is 29.7 Å². The van der Waals surface area contributed by atoms with Gasteiger partial charge in [0.15, 0.2) is 0 Å². The second kappa shape index (κ2) is 5.15. The quantitative estimate of drug-likeness (QED) is 0.804. The third-order valence-electron chi connectivity index (χ3n) is 2.23. The fourth-order valence-electron chi connectivity index (χ4n) is 1.22. The lowest BCUT2D eigenvalue weighted by Crippen LogP contribution is -2.26. The Kier molecular flexibility index (Phi) is 5.04. The van der Waals surface area contributed by atoms with E-state index in [2.05, 4.69) is 0 Å². The highest BCUT2D eigenvalue weighted by Crippen LogP contribution is 2.34. The van der Waals surface area contributed by atoms with E-state index in [9.17, 15) is 4.39 Å². The average Bonchev–Trinajstić information content (AvgIpc) is 2.06. The Morgan fingerprint density at radius 3 is 2.33 bits per heavy atom. The number of benzene rings is 1. The van der Waals surface area contributed by atoms with Crippen molar-refractivity contribution in [3.8, 4) is 0 Å². The van der Waals surface area contributed by atoms with Crippen LogP contribution < -0.4 is 5.73 Å². The first-order valence-corrected chi connectivity index (χ1v) is 4.90. The van der Waals surface area contributed by atoms with Crippen LogP contribution in [0.15, 0.2) is 18.2 Å². The second-order valence-corrected chi connectivity index (χ2v) is 4.92. The molecule has 0 saturated heterocycles. The van der Waals surface area contributed by atoms with E-state index in [0.717, 1.165) is 0 Å². The van der Waals surface area contributed by atoms with Gasteiger partial charge < -0.3 is 5.73 Å². The van der Waals surface area contributed by atoms with Crippen LogP contribution in [-0.2, 0) is 0 Å². The molecule has 0 heterocycles. The Bertz CT molecular complexity index is 334. The van der Waals surface area contributed by atoms with Crippen LogP contribution in [0.3, 0.4) is 0 Å². The van der Waals surface area contributed by atoms with Gasteiger partial charge >= 0.3 is 0 Å². The molecule has 0 saturated carbocycles. The van der Waals surface area contributed by atoms with Crippen molar-refractivity contribution in [2.45, 2.75) is 26.8 Å². The minimum absolute atomic E-state index is 0. The molecular formula is C11H16Cl2FN. The molecule has 1 atom stereocenters. The molecule has 1 nitrogen and oxygen atoms in total. The van der Waals surface area contributed by atoms with Crippen molar-refractivity contribution < 1.29 is 4.39 Å². The van der Waals surface area contributed by atoms with Crippen molar-refractivity contribution in [2.75, 3.05) is 0 Å². The predicted molar refractivity (Wildman–Crippen MR) is 65.0 cm³/mol.